The number of fused-ring (bicyclic) bond motifs is 5. The van der Waals surface area contributed by atoms with Gasteiger partial charge in [0.05, 0.1) is 48.5 Å². The minimum absolute atomic E-state index is 0. The third-order valence-electron chi connectivity index (χ3n) is 12.8. The average molecular weight is 1070 g/mol. The number of benzene rings is 4. The van der Waals surface area contributed by atoms with Gasteiger partial charge < -0.3 is 24.4 Å². The fraction of sp³-hybridized carbons (Fsp3) is 0.400. The van der Waals surface area contributed by atoms with Gasteiger partial charge in [-0.1, -0.05) is 84.4 Å². The highest BCUT2D eigenvalue weighted by Crippen LogP contribution is 2.38. The third kappa shape index (κ3) is 15.3. The second-order valence-corrected chi connectivity index (χ2v) is 18.4. The number of imidazole rings is 1. The zero-order valence-corrected chi connectivity index (χ0v) is 43.4. The Morgan fingerprint density at radius 1 is 0.871 bits per heavy atom. The molecule has 9 rings (SSSR count). The Balaban J connectivity index is 0.000000261. The number of aliphatic imine (C=N–C) groups is 1. The lowest BCUT2D eigenvalue weighted by Gasteiger charge is -2.38. The fourth-order valence-corrected chi connectivity index (χ4v) is 9.47. The number of rotatable bonds is 8. The van der Waals surface area contributed by atoms with Crippen LogP contribution in [0, 0.1) is 12.7 Å². The van der Waals surface area contributed by atoms with E-state index in [1.165, 1.54) is 18.9 Å². The first-order valence-electron chi connectivity index (χ1n) is 22.3. The molecule has 0 radical (unpaired) electrons. The maximum absolute atomic E-state index is 14.3. The van der Waals surface area contributed by atoms with Crippen LogP contribution in [0.1, 0.15) is 85.1 Å². The summed E-state index contributed by atoms with van der Waals surface area (Å²) >= 11 is 6.19. The van der Waals surface area contributed by atoms with Gasteiger partial charge in [0.25, 0.3) is 0 Å². The predicted octanol–water partition coefficient (Wildman–Crippen LogP) is 9.08. The molecule has 382 valence electrons. The summed E-state index contributed by atoms with van der Waals surface area (Å²) in [7, 11) is -0.402. The number of aliphatic hydroxyl groups is 1. The minimum atomic E-state index is -4.67. The quantitative estimate of drug-likeness (QED) is 0.0992. The van der Waals surface area contributed by atoms with Crippen LogP contribution in [-0.4, -0.2) is 118 Å². The van der Waals surface area contributed by atoms with E-state index >= 15 is 0 Å². The zero-order valence-electron chi connectivity index (χ0n) is 39.4. The molecule has 4 aromatic carbocycles. The van der Waals surface area contributed by atoms with Crippen molar-refractivity contribution in [3.8, 4) is 5.69 Å². The van der Waals surface area contributed by atoms with E-state index in [0.717, 1.165) is 72.7 Å². The number of aliphatic hydroxyl groups excluding tert-OH is 1. The number of aromatic nitrogens is 2. The van der Waals surface area contributed by atoms with Crippen molar-refractivity contribution >= 4 is 76.9 Å². The first-order valence-corrected chi connectivity index (χ1v) is 24.1. The number of halogens is 5. The lowest BCUT2D eigenvalue weighted by Crippen LogP contribution is -2.47. The summed E-state index contributed by atoms with van der Waals surface area (Å²) < 4.78 is 58.9. The third-order valence-corrected chi connectivity index (χ3v) is 13.1. The molecule has 5 aromatic rings. The number of ether oxygens (including phenoxy) is 2. The normalized spacial score (nSPS) is 19.2. The van der Waals surface area contributed by atoms with Crippen LogP contribution in [-0.2, 0) is 41.4 Å². The SMILES string of the molecule is CCOC(=O)C1(c2ccccc2)CCN(C)CC1.CN1C2CCC1CC(OC(=O)C(CO)c1ccccc1)C2.Cc1ncc2n1-c1ccc(Cl)cc1C(c1ccccc1F)=NC2.Cl.Cl.Cl.O=S(=O)(O)O. The Hall–Kier alpha value is -4.46. The Labute approximate surface area is 433 Å². The van der Waals surface area contributed by atoms with Crippen molar-refractivity contribution in [2.45, 2.75) is 88.4 Å². The van der Waals surface area contributed by atoms with Gasteiger partial charge in [0.15, 0.2) is 0 Å². The maximum atomic E-state index is 14.3. The molecule has 3 saturated heterocycles. The van der Waals surface area contributed by atoms with Gasteiger partial charge in [-0.3, -0.25) is 28.3 Å². The van der Waals surface area contributed by atoms with Crippen molar-refractivity contribution in [3.05, 3.63) is 154 Å². The summed E-state index contributed by atoms with van der Waals surface area (Å²) in [6.07, 6.45) is 7.75. The molecule has 70 heavy (non-hydrogen) atoms. The largest absolute Gasteiger partial charge is 0.465 e. The van der Waals surface area contributed by atoms with Crippen LogP contribution in [0.3, 0.4) is 0 Å². The molecule has 2 bridgehead atoms. The van der Waals surface area contributed by atoms with Crippen molar-refractivity contribution in [2.24, 2.45) is 4.99 Å². The lowest BCUT2D eigenvalue weighted by atomic mass is 9.73. The second-order valence-electron chi connectivity index (χ2n) is 17.1. The van der Waals surface area contributed by atoms with E-state index in [9.17, 15) is 19.1 Å². The Kier molecular flexibility index (Phi) is 23.4. The van der Waals surface area contributed by atoms with Gasteiger partial charge in [-0.25, -0.2) is 9.37 Å². The van der Waals surface area contributed by atoms with Crippen LogP contribution in [0.2, 0.25) is 5.02 Å². The lowest BCUT2D eigenvalue weighted by molar-refractivity contribution is -0.155. The van der Waals surface area contributed by atoms with E-state index in [1.54, 1.807) is 12.1 Å². The van der Waals surface area contributed by atoms with Crippen molar-refractivity contribution in [3.63, 3.8) is 0 Å². The Morgan fingerprint density at radius 3 is 2.01 bits per heavy atom. The molecule has 5 heterocycles. The van der Waals surface area contributed by atoms with Crippen molar-refractivity contribution in [1.29, 1.82) is 0 Å². The van der Waals surface area contributed by atoms with E-state index in [-0.39, 0.29) is 67.7 Å². The number of likely N-dealkylation sites (tertiary alicyclic amines) is 1. The smallest absolute Gasteiger partial charge is 0.394 e. The van der Waals surface area contributed by atoms with E-state index < -0.39 is 21.7 Å². The molecule has 0 amide bonds. The number of hydrogen-bond donors (Lipinski definition) is 3. The molecule has 0 saturated carbocycles. The van der Waals surface area contributed by atoms with E-state index in [2.05, 4.69) is 33.9 Å². The number of esters is 2. The number of carbonyl (C=O) groups is 2. The molecule has 20 heteroatoms. The van der Waals surface area contributed by atoms with Gasteiger partial charge in [0.2, 0.25) is 0 Å². The molecule has 3 atom stereocenters. The van der Waals surface area contributed by atoms with Crippen LogP contribution in [0.15, 0.2) is 114 Å². The second kappa shape index (κ2) is 27.4. The van der Waals surface area contributed by atoms with Crippen molar-refractivity contribution < 1.29 is 46.1 Å². The number of nitrogens with zero attached hydrogens (tertiary/aromatic N) is 5. The van der Waals surface area contributed by atoms with Crippen LogP contribution in [0.4, 0.5) is 4.39 Å². The van der Waals surface area contributed by atoms with E-state index in [0.29, 0.717) is 41.5 Å². The van der Waals surface area contributed by atoms with Crippen molar-refractivity contribution in [1.82, 2.24) is 19.4 Å². The fourth-order valence-electron chi connectivity index (χ4n) is 9.30. The van der Waals surface area contributed by atoms with Crippen LogP contribution >= 0.6 is 48.8 Å². The topological polar surface area (TPSA) is 184 Å². The zero-order chi connectivity index (χ0) is 48.3. The highest BCUT2D eigenvalue weighted by atomic mass is 35.5. The standard InChI is InChI=1S/C18H13ClFN3.C17H23NO3.C15H21NO2.3ClH.H2O4S/c1-11-21-9-13-10-22-18(14-4-2-3-5-16(14)20)15-8-12(19)6-7-17(15)23(11)13;1-18-13-7-8-14(18)10-15(9-13)21-17(20)16(11-19)12-5-3-2-4-6-12;1-3-18-14(17)15(9-11-16(2)12-10-15)13-7-5-4-6-8-13;;;;1-5(2,3)4/h2-9H,10H2,1H3;2-6,13-16,19H,7-11H2,1H3;4-8H,3,9-12H2,1-2H3;3*1H;(H2,1,2,3,4). The Morgan fingerprint density at radius 2 is 1.44 bits per heavy atom. The molecule has 3 unspecified atom stereocenters. The molecule has 3 N–H and O–H groups in total. The molecular weight excluding hydrogens is 1010 g/mol. The first kappa shape index (κ1) is 59.8. The van der Waals surface area contributed by atoms with Crippen molar-refractivity contribution in [2.75, 3.05) is 40.4 Å². The van der Waals surface area contributed by atoms with Gasteiger partial charge in [0.1, 0.15) is 23.7 Å². The predicted molar refractivity (Wildman–Crippen MR) is 276 cm³/mol. The summed E-state index contributed by atoms with van der Waals surface area (Å²) in [5, 5.41) is 10.1. The van der Waals surface area contributed by atoms with Crippen LogP contribution in [0.25, 0.3) is 5.69 Å². The summed E-state index contributed by atoms with van der Waals surface area (Å²) in [6, 6.07) is 32.8. The highest BCUT2D eigenvalue weighted by molar-refractivity contribution is 7.79. The Bertz CT molecular complexity index is 2580. The summed E-state index contributed by atoms with van der Waals surface area (Å²) in [6.45, 7) is 6.37. The maximum Gasteiger partial charge on any atom is 0.394 e. The minimum Gasteiger partial charge on any atom is -0.465 e. The molecule has 1 aromatic heterocycles. The number of aryl methyl sites for hydroxylation is 1. The van der Waals surface area contributed by atoms with Gasteiger partial charge in [-0.2, -0.15) is 8.42 Å². The van der Waals surface area contributed by atoms with Gasteiger partial charge >= 0.3 is 22.3 Å². The summed E-state index contributed by atoms with van der Waals surface area (Å²) in [4.78, 5) is 38.4. The van der Waals surface area contributed by atoms with Gasteiger partial charge in [-0.05, 0) is 121 Å². The molecular formula is C50H62Cl4FN5O9S. The highest BCUT2D eigenvalue weighted by Gasteiger charge is 2.44. The number of hydrogen-bond acceptors (Lipinski definition) is 11. The molecule has 4 aliphatic heterocycles. The van der Waals surface area contributed by atoms with Crippen LogP contribution in [0.5, 0.6) is 0 Å². The monoisotopic (exact) mass is 1070 g/mol. The summed E-state index contributed by atoms with van der Waals surface area (Å²) in [5.41, 5.74) is 5.26. The van der Waals surface area contributed by atoms with E-state index in [4.69, 9.17) is 38.6 Å². The number of carbonyl (C=O) groups excluding carboxylic acids is 2. The van der Waals surface area contributed by atoms with Crippen LogP contribution < -0.4 is 0 Å². The molecule has 3 fully saturated rings. The van der Waals surface area contributed by atoms with E-state index in [1.807, 2.05) is 110 Å². The molecule has 4 aliphatic rings. The molecule has 0 aliphatic carbocycles. The van der Waals surface area contributed by atoms with Gasteiger partial charge in [-0.15, -0.1) is 37.2 Å². The first-order chi connectivity index (χ1) is 32.0. The average Bonchev–Trinajstić information content (AvgIpc) is 3.68. The number of piperidine rings is 2. The molecule has 14 nitrogen and oxygen atoms in total. The molecule has 0 spiro atoms. The van der Waals surface area contributed by atoms with Gasteiger partial charge in [0, 0.05) is 28.2 Å². The summed E-state index contributed by atoms with van der Waals surface area (Å²) in [5.74, 6) is -0.349.